The van der Waals surface area contributed by atoms with Gasteiger partial charge in [0, 0.05) is 29.9 Å². The molecular formula is C14H12Cl2FNO. The Balaban J connectivity index is 2.23. The molecule has 0 spiro atoms. The summed E-state index contributed by atoms with van der Waals surface area (Å²) in [7, 11) is 1.83. The summed E-state index contributed by atoms with van der Waals surface area (Å²) in [5, 5.41) is 10.6. The van der Waals surface area contributed by atoms with Crippen molar-refractivity contribution < 1.29 is 9.50 Å². The topological polar surface area (TPSA) is 23.5 Å². The summed E-state index contributed by atoms with van der Waals surface area (Å²) in [4.78, 5) is 1.86. The maximum absolute atomic E-state index is 12.9. The van der Waals surface area contributed by atoms with Gasteiger partial charge in [0.15, 0.2) is 0 Å². The number of nitrogens with zero attached hydrogens (tertiary/aromatic N) is 1. The second-order valence-corrected chi connectivity index (χ2v) is 5.07. The molecule has 0 aromatic heterocycles. The van der Waals surface area contributed by atoms with Crippen molar-refractivity contribution in [2.24, 2.45) is 0 Å². The van der Waals surface area contributed by atoms with Crippen LogP contribution in [-0.2, 0) is 6.54 Å². The van der Waals surface area contributed by atoms with Crippen LogP contribution in [0.15, 0.2) is 36.4 Å². The van der Waals surface area contributed by atoms with Gasteiger partial charge in [0.25, 0.3) is 0 Å². The van der Waals surface area contributed by atoms with Gasteiger partial charge in [-0.25, -0.2) is 4.39 Å². The van der Waals surface area contributed by atoms with E-state index in [1.807, 2.05) is 11.9 Å². The van der Waals surface area contributed by atoms with Crippen LogP contribution >= 0.6 is 23.2 Å². The van der Waals surface area contributed by atoms with Crippen molar-refractivity contribution in [2.75, 3.05) is 11.9 Å². The molecule has 2 nitrogen and oxygen atoms in total. The zero-order chi connectivity index (χ0) is 14.0. The van der Waals surface area contributed by atoms with E-state index in [4.69, 9.17) is 23.2 Å². The third-order valence-electron chi connectivity index (χ3n) is 2.78. The molecular weight excluding hydrogens is 288 g/mol. The minimum Gasteiger partial charge on any atom is -0.506 e. The molecule has 19 heavy (non-hydrogen) atoms. The van der Waals surface area contributed by atoms with Crippen LogP contribution in [-0.4, -0.2) is 12.2 Å². The van der Waals surface area contributed by atoms with E-state index in [1.165, 1.54) is 18.2 Å². The van der Waals surface area contributed by atoms with Crippen LogP contribution in [0, 0.1) is 5.82 Å². The summed E-state index contributed by atoms with van der Waals surface area (Å²) in [6.07, 6.45) is 0. The molecule has 0 fully saturated rings. The fourth-order valence-electron chi connectivity index (χ4n) is 1.78. The predicted octanol–water partition coefficient (Wildman–Crippen LogP) is 4.47. The Hall–Kier alpha value is -1.45. The highest BCUT2D eigenvalue weighted by atomic mass is 35.5. The fraction of sp³-hybridized carbons (Fsp3) is 0.143. The van der Waals surface area contributed by atoms with Gasteiger partial charge in [0.1, 0.15) is 11.6 Å². The predicted molar refractivity (Wildman–Crippen MR) is 76.6 cm³/mol. The third-order valence-corrected chi connectivity index (χ3v) is 3.29. The summed E-state index contributed by atoms with van der Waals surface area (Å²) < 4.78 is 12.9. The second kappa shape index (κ2) is 5.68. The van der Waals surface area contributed by atoms with E-state index >= 15 is 0 Å². The molecule has 0 aliphatic rings. The lowest BCUT2D eigenvalue weighted by Crippen LogP contribution is -2.16. The Labute approximate surface area is 121 Å². The number of halogens is 3. The lowest BCUT2D eigenvalue weighted by atomic mass is 10.1. The quantitative estimate of drug-likeness (QED) is 0.903. The smallest absolute Gasteiger partial charge is 0.139 e. The number of benzene rings is 2. The highest BCUT2D eigenvalue weighted by molar-refractivity contribution is 6.35. The molecule has 0 bridgehead atoms. The average molecular weight is 300 g/mol. The van der Waals surface area contributed by atoms with Crippen molar-refractivity contribution in [3.05, 3.63) is 57.8 Å². The SMILES string of the molecule is CN(Cc1cc(Cl)cc(Cl)c1O)c1ccc(F)cc1. The summed E-state index contributed by atoms with van der Waals surface area (Å²) in [5.41, 5.74) is 1.45. The average Bonchev–Trinajstić information content (AvgIpc) is 2.36. The first-order valence-electron chi connectivity index (χ1n) is 5.61. The van der Waals surface area contributed by atoms with Gasteiger partial charge in [0.05, 0.1) is 5.02 Å². The first-order chi connectivity index (χ1) is 8.97. The molecule has 0 heterocycles. The zero-order valence-corrected chi connectivity index (χ0v) is 11.7. The molecule has 0 radical (unpaired) electrons. The van der Waals surface area contributed by atoms with Crippen LogP contribution in [0.1, 0.15) is 5.56 Å². The molecule has 0 atom stereocenters. The zero-order valence-electron chi connectivity index (χ0n) is 10.2. The van der Waals surface area contributed by atoms with Crippen LogP contribution in [0.2, 0.25) is 10.0 Å². The van der Waals surface area contributed by atoms with Crippen LogP contribution in [0.4, 0.5) is 10.1 Å². The van der Waals surface area contributed by atoms with Gasteiger partial charge in [-0.2, -0.15) is 0 Å². The minimum absolute atomic E-state index is 0.0139. The van der Waals surface area contributed by atoms with Crippen molar-refractivity contribution in [1.82, 2.24) is 0 Å². The molecule has 0 saturated carbocycles. The van der Waals surface area contributed by atoms with Gasteiger partial charge < -0.3 is 10.0 Å². The molecule has 0 aliphatic heterocycles. The van der Waals surface area contributed by atoms with Crippen molar-refractivity contribution in [3.8, 4) is 5.75 Å². The van der Waals surface area contributed by atoms with E-state index in [1.54, 1.807) is 18.2 Å². The number of phenolic OH excluding ortho intramolecular Hbond substituents is 1. The van der Waals surface area contributed by atoms with Crippen molar-refractivity contribution >= 4 is 28.9 Å². The Morgan fingerprint density at radius 2 is 1.79 bits per heavy atom. The molecule has 0 saturated heterocycles. The summed E-state index contributed by atoms with van der Waals surface area (Å²) in [6, 6.07) is 9.24. The van der Waals surface area contributed by atoms with Gasteiger partial charge >= 0.3 is 0 Å². The first kappa shape index (κ1) is 14.0. The highest BCUT2D eigenvalue weighted by Gasteiger charge is 2.10. The van der Waals surface area contributed by atoms with Gasteiger partial charge in [-0.1, -0.05) is 23.2 Å². The highest BCUT2D eigenvalue weighted by Crippen LogP contribution is 2.32. The van der Waals surface area contributed by atoms with Crippen molar-refractivity contribution in [1.29, 1.82) is 0 Å². The molecule has 0 amide bonds. The van der Waals surface area contributed by atoms with E-state index in [-0.39, 0.29) is 16.6 Å². The van der Waals surface area contributed by atoms with Crippen molar-refractivity contribution in [3.63, 3.8) is 0 Å². The Bertz CT molecular complexity index is 587. The molecule has 0 unspecified atom stereocenters. The number of rotatable bonds is 3. The summed E-state index contributed by atoms with van der Waals surface area (Å²) in [5.74, 6) is -0.272. The number of phenols is 1. The molecule has 2 aromatic rings. The Morgan fingerprint density at radius 1 is 1.16 bits per heavy atom. The number of anilines is 1. The number of hydrogen-bond donors (Lipinski definition) is 1. The molecule has 5 heteroatoms. The van der Waals surface area contributed by atoms with Gasteiger partial charge in [0.2, 0.25) is 0 Å². The largest absolute Gasteiger partial charge is 0.506 e. The van der Waals surface area contributed by atoms with Crippen LogP contribution in [0.25, 0.3) is 0 Å². The molecule has 2 rings (SSSR count). The van der Waals surface area contributed by atoms with E-state index < -0.39 is 0 Å². The maximum Gasteiger partial charge on any atom is 0.139 e. The van der Waals surface area contributed by atoms with E-state index in [2.05, 4.69) is 0 Å². The van der Waals surface area contributed by atoms with Crippen molar-refractivity contribution in [2.45, 2.75) is 6.54 Å². The molecule has 1 N–H and O–H groups in total. The maximum atomic E-state index is 12.9. The normalized spacial score (nSPS) is 10.5. The third kappa shape index (κ3) is 3.31. The van der Waals surface area contributed by atoms with Crippen LogP contribution < -0.4 is 4.90 Å². The molecule has 2 aromatic carbocycles. The summed E-state index contributed by atoms with van der Waals surface area (Å²) >= 11 is 11.8. The Morgan fingerprint density at radius 3 is 2.42 bits per heavy atom. The van der Waals surface area contributed by atoms with E-state index in [9.17, 15) is 9.50 Å². The summed E-state index contributed by atoms with van der Waals surface area (Å²) in [6.45, 7) is 0.414. The Kier molecular flexibility index (Phi) is 4.17. The number of hydrogen-bond acceptors (Lipinski definition) is 2. The van der Waals surface area contributed by atoms with E-state index in [0.29, 0.717) is 17.1 Å². The first-order valence-corrected chi connectivity index (χ1v) is 6.36. The van der Waals surface area contributed by atoms with Gasteiger partial charge in [-0.3, -0.25) is 0 Å². The second-order valence-electron chi connectivity index (χ2n) is 4.23. The molecule has 100 valence electrons. The monoisotopic (exact) mass is 299 g/mol. The lowest BCUT2D eigenvalue weighted by molar-refractivity contribution is 0.468. The molecule has 0 aliphatic carbocycles. The lowest BCUT2D eigenvalue weighted by Gasteiger charge is -2.20. The van der Waals surface area contributed by atoms with Gasteiger partial charge in [-0.05, 0) is 36.4 Å². The fourth-order valence-corrected chi connectivity index (χ4v) is 2.32. The van der Waals surface area contributed by atoms with Gasteiger partial charge in [-0.15, -0.1) is 0 Å². The standard InChI is InChI=1S/C14H12Cl2FNO/c1-18(12-4-2-11(17)3-5-12)8-9-6-10(15)7-13(16)14(9)19/h2-7,19H,8H2,1H3. The minimum atomic E-state index is -0.286. The van der Waals surface area contributed by atoms with Crippen LogP contribution in [0.5, 0.6) is 5.75 Å². The number of aromatic hydroxyl groups is 1. The van der Waals surface area contributed by atoms with Crippen LogP contribution in [0.3, 0.4) is 0 Å². The van der Waals surface area contributed by atoms with E-state index in [0.717, 1.165) is 5.69 Å².